The highest BCUT2D eigenvalue weighted by Crippen LogP contribution is 2.43. The SMILES string of the molecule is CCn1c(=O)c2c(n(Cc3ccccc3)c1=O)NC1=C(C(=O)CCC1)C2c1ccc(OC)cc1. The first-order chi connectivity index (χ1) is 16.5. The molecule has 1 aliphatic heterocycles. The van der Waals surface area contributed by atoms with Gasteiger partial charge in [0.2, 0.25) is 0 Å². The summed E-state index contributed by atoms with van der Waals surface area (Å²) >= 11 is 0. The predicted molar refractivity (Wildman–Crippen MR) is 131 cm³/mol. The number of Topliss-reactive ketones (excluding diaryl/α,β-unsaturated/α-hetero) is 1. The van der Waals surface area contributed by atoms with E-state index in [4.69, 9.17) is 4.74 Å². The van der Waals surface area contributed by atoms with E-state index in [1.54, 1.807) is 18.6 Å². The minimum atomic E-state index is -0.544. The third-order valence-corrected chi connectivity index (χ3v) is 6.71. The molecular weight excluding hydrogens is 430 g/mol. The van der Waals surface area contributed by atoms with Gasteiger partial charge in [0.1, 0.15) is 11.6 Å². The van der Waals surface area contributed by atoms with Crippen LogP contribution in [0.25, 0.3) is 0 Å². The Hall–Kier alpha value is -3.87. The summed E-state index contributed by atoms with van der Waals surface area (Å²) in [6.07, 6.45) is 1.89. The molecule has 1 atom stereocenters. The largest absolute Gasteiger partial charge is 0.497 e. The molecule has 0 bridgehead atoms. The Morgan fingerprint density at radius 2 is 1.71 bits per heavy atom. The van der Waals surface area contributed by atoms with Crippen molar-refractivity contribution in [2.24, 2.45) is 0 Å². The zero-order valence-electron chi connectivity index (χ0n) is 19.3. The zero-order chi connectivity index (χ0) is 23.8. The fourth-order valence-corrected chi connectivity index (χ4v) is 5.05. The summed E-state index contributed by atoms with van der Waals surface area (Å²) in [5.74, 6) is 0.682. The molecule has 0 fully saturated rings. The monoisotopic (exact) mass is 457 g/mol. The van der Waals surface area contributed by atoms with Crippen molar-refractivity contribution >= 4 is 11.6 Å². The number of hydrogen-bond acceptors (Lipinski definition) is 5. The topological polar surface area (TPSA) is 82.3 Å². The molecule has 2 aliphatic rings. The van der Waals surface area contributed by atoms with Gasteiger partial charge in [-0.15, -0.1) is 0 Å². The summed E-state index contributed by atoms with van der Waals surface area (Å²) in [4.78, 5) is 40.3. The van der Waals surface area contributed by atoms with Crippen LogP contribution in [0, 0.1) is 0 Å². The Bertz CT molecular complexity index is 1400. The number of rotatable bonds is 5. The summed E-state index contributed by atoms with van der Waals surface area (Å²) in [5.41, 5.74) is 2.95. The van der Waals surface area contributed by atoms with Crippen molar-refractivity contribution in [1.29, 1.82) is 0 Å². The number of ether oxygens (including phenoxy) is 1. The number of benzene rings is 2. The molecule has 2 aromatic carbocycles. The summed E-state index contributed by atoms with van der Waals surface area (Å²) < 4.78 is 8.21. The van der Waals surface area contributed by atoms with E-state index in [1.807, 2.05) is 54.6 Å². The Balaban J connectivity index is 1.80. The maximum absolute atomic E-state index is 13.7. The second-order valence-corrected chi connectivity index (χ2v) is 8.67. The third kappa shape index (κ3) is 3.57. The average Bonchev–Trinajstić information content (AvgIpc) is 2.86. The summed E-state index contributed by atoms with van der Waals surface area (Å²) in [6.45, 7) is 2.35. The van der Waals surface area contributed by atoms with Crippen LogP contribution in [-0.4, -0.2) is 22.0 Å². The molecule has 1 N–H and O–H groups in total. The predicted octanol–water partition coefficient (Wildman–Crippen LogP) is 3.65. The van der Waals surface area contributed by atoms with Crippen molar-refractivity contribution in [2.75, 3.05) is 12.4 Å². The number of anilines is 1. The highest BCUT2D eigenvalue weighted by Gasteiger charge is 2.39. The molecule has 5 rings (SSSR count). The molecule has 7 heteroatoms. The molecule has 174 valence electrons. The Morgan fingerprint density at radius 3 is 2.38 bits per heavy atom. The Labute approximate surface area is 197 Å². The lowest BCUT2D eigenvalue weighted by atomic mass is 9.76. The normalized spacial score (nSPS) is 17.1. The van der Waals surface area contributed by atoms with Gasteiger partial charge in [0.25, 0.3) is 5.56 Å². The molecule has 3 aromatic rings. The number of nitrogens with zero attached hydrogens (tertiary/aromatic N) is 2. The van der Waals surface area contributed by atoms with Crippen molar-refractivity contribution in [1.82, 2.24) is 9.13 Å². The van der Waals surface area contributed by atoms with E-state index in [1.165, 1.54) is 4.57 Å². The fraction of sp³-hybridized carbons (Fsp3) is 0.296. The average molecular weight is 458 g/mol. The van der Waals surface area contributed by atoms with E-state index in [0.717, 1.165) is 23.2 Å². The van der Waals surface area contributed by atoms with Crippen molar-refractivity contribution < 1.29 is 9.53 Å². The molecule has 34 heavy (non-hydrogen) atoms. The lowest BCUT2D eigenvalue weighted by molar-refractivity contribution is -0.116. The van der Waals surface area contributed by atoms with Gasteiger partial charge in [-0.25, -0.2) is 4.79 Å². The lowest BCUT2D eigenvalue weighted by Gasteiger charge is -2.35. The molecule has 0 amide bonds. The van der Waals surface area contributed by atoms with Crippen molar-refractivity contribution in [3.05, 3.63) is 103 Å². The fourth-order valence-electron chi connectivity index (χ4n) is 5.05. The first-order valence-electron chi connectivity index (χ1n) is 11.6. The molecular formula is C27H27N3O4. The van der Waals surface area contributed by atoms with Gasteiger partial charge in [-0.05, 0) is 43.0 Å². The number of nitrogens with one attached hydrogen (secondary N) is 1. The quantitative estimate of drug-likeness (QED) is 0.633. The Kier molecular flexibility index (Phi) is 5.69. The summed E-state index contributed by atoms with van der Waals surface area (Å²) in [6, 6.07) is 17.2. The number of allylic oxidation sites excluding steroid dienone is 2. The number of aromatic nitrogens is 2. The number of fused-ring (bicyclic) bond motifs is 1. The smallest absolute Gasteiger partial charge is 0.332 e. The Morgan fingerprint density at radius 1 is 0.971 bits per heavy atom. The van der Waals surface area contributed by atoms with E-state index < -0.39 is 5.92 Å². The van der Waals surface area contributed by atoms with Crippen molar-refractivity contribution in [2.45, 2.75) is 45.2 Å². The molecule has 0 spiro atoms. The van der Waals surface area contributed by atoms with Crippen LogP contribution >= 0.6 is 0 Å². The standard InChI is InChI=1S/C27H27N3O4/c1-3-29-26(32)24-22(18-12-14-19(34-2)15-13-18)23-20(10-7-11-21(23)31)28-25(24)30(27(29)33)16-17-8-5-4-6-9-17/h4-6,8-9,12-15,22,28H,3,7,10-11,16H2,1-2H3. The minimum Gasteiger partial charge on any atom is -0.497 e. The molecule has 0 radical (unpaired) electrons. The molecule has 0 saturated carbocycles. The van der Waals surface area contributed by atoms with Crippen molar-refractivity contribution in [3.63, 3.8) is 0 Å². The third-order valence-electron chi connectivity index (χ3n) is 6.71. The van der Waals surface area contributed by atoms with E-state index in [0.29, 0.717) is 42.1 Å². The van der Waals surface area contributed by atoms with Gasteiger partial charge in [-0.1, -0.05) is 42.5 Å². The summed E-state index contributed by atoms with van der Waals surface area (Å²) in [7, 11) is 1.60. The van der Waals surface area contributed by atoms with Crippen molar-refractivity contribution in [3.8, 4) is 5.75 Å². The van der Waals surface area contributed by atoms with E-state index in [9.17, 15) is 14.4 Å². The van der Waals surface area contributed by atoms with E-state index in [2.05, 4.69) is 5.32 Å². The van der Waals surface area contributed by atoms with Gasteiger partial charge in [-0.3, -0.25) is 18.7 Å². The van der Waals surface area contributed by atoms with Gasteiger partial charge in [0, 0.05) is 30.2 Å². The van der Waals surface area contributed by atoms with Gasteiger partial charge in [0.05, 0.1) is 19.2 Å². The highest BCUT2D eigenvalue weighted by atomic mass is 16.5. The second kappa shape index (κ2) is 8.82. The maximum Gasteiger partial charge on any atom is 0.332 e. The number of carbonyl (C=O) groups excluding carboxylic acids is 1. The molecule has 1 unspecified atom stereocenters. The number of carbonyl (C=O) groups is 1. The molecule has 0 saturated heterocycles. The molecule has 2 heterocycles. The first kappa shape index (κ1) is 21.9. The van der Waals surface area contributed by atoms with Crippen LogP contribution in [0.1, 0.15) is 48.8 Å². The van der Waals surface area contributed by atoms with Crippen LogP contribution in [0.2, 0.25) is 0 Å². The maximum atomic E-state index is 13.7. The van der Waals surface area contributed by atoms with Gasteiger partial charge in [-0.2, -0.15) is 0 Å². The molecule has 1 aliphatic carbocycles. The summed E-state index contributed by atoms with van der Waals surface area (Å²) in [5, 5.41) is 3.36. The van der Waals surface area contributed by atoms with Gasteiger partial charge < -0.3 is 10.1 Å². The molecule has 1 aromatic heterocycles. The van der Waals surface area contributed by atoms with E-state index >= 15 is 0 Å². The van der Waals surface area contributed by atoms with Crippen LogP contribution in [0.3, 0.4) is 0 Å². The second-order valence-electron chi connectivity index (χ2n) is 8.67. The highest BCUT2D eigenvalue weighted by molar-refractivity contribution is 6.00. The van der Waals surface area contributed by atoms with Crippen LogP contribution < -0.4 is 21.3 Å². The van der Waals surface area contributed by atoms with Crippen LogP contribution in [-0.2, 0) is 17.9 Å². The van der Waals surface area contributed by atoms with Crippen LogP contribution in [0.15, 0.2) is 75.5 Å². The number of hydrogen-bond donors (Lipinski definition) is 1. The number of ketones is 1. The first-order valence-corrected chi connectivity index (χ1v) is 11.6. The number of methoxy groups -OCH3 is 1. The van der Waals surface area contributed by atoms with Crippen LogP contribution in [0.5, 0.6) is 5.75 Å². The minimum absolute atomic E-state index is 0.0449. The van der Waals surface area contributed by atoms with Gasteiger partial charge in [0.15, 0.2) is 5.78 Å². The molecule has 7 nitrogen and oxygen atoms in total. The zero-order valence-corrected chi connectivity index (χ0v) is 19.3. The van der Waals surface area contributed by atoms with Gasteiger partial charge >= 0.3 is 5.69 Å². The lowest BCUT2D eigenvalue weighted by Crippen LogP contribution is -2.45. The van der Waals surface area contributed by atoms with Crippen LogP contribution in [0.4, 0.5) is 5.82 Å². The van der Waals surface area contributed by atoms with E-state index in [-0.39, 0.29) is 23.6 Å².